The summed E-state index contributed by atoms with van der Waals surface area (Å²) in [4.78, 5) is 11.9. The molecule has 0 aliphatic rings. The Bertz CT molecular complexity index is 727. The fourth-order valence-electron chi connectivity index (χ4n) is 3.00. The van der Waals surface area contributed by atoms with E-state index in [-0.39, 0.29) is 0 Å². The number of rotatable bonds is 6. The maximum absolute atomic E-state index is 11.9. The van der Waals surface area contributed by atoms with Gasteiger partial charge in [0.15, 0.2) is 0 Å². The Morgan fingerprint density at radius 1 is 0.500 bits per heavy atom. The summed E-state index contributed by atoms with van der Waals surface area (Å²) < 4.78 is 15.8. The second kappa shape index (κ2) is 7.77. The van der Waals surface area contributed by atoms with Crippen molar-refractivity contribution in [2.75, 3.05) is 21.3 Å². The fraction of sp³-hybridized carbons (Fsp3) is 0.143. The summed E-state index contributed by atoms with van der Waals surface area (Å²) in [6, 6.07) is 22.8. The van der Waals surface area contributed by atoms with Gasteiger partial charge in [-0.3, -0.25) is 0 Å². The van der Waals surface area contributed by atoms with E-state index in [1.54, 1.807) is 21.3 Å². The van der Waals surface area contributed by atoms with E-state index >= 15 is 0 Å². The zero-order chi connectivity index (χ0) is 18.6. The van der Waals surface area contributed by atoms with Gasteiger partial charge in [-0.1, -0.05) is 0 Å². The number of ether oxygens (including phenoxy) is 3. The molecule has 5 heteroatoms. The summed E-state index contributed by atoms with van der Waals surface area (Å²) in [6.45, 7) is 0. The monoisotopic (exact) mass is 370 g/mol. The quantitative estimate of drug-likeness (QED) is 0.678. The third-order valence-electron chi connectivity index (χ3n) is 4.52. The van der Waals surface area contributed by atoms with Crippen LogP contribution in [0.25, 0.3) is 0 Å². The van der Waals surface area contributed by atoms with Crippen LogP contribution in [-0.2, 0) is 0 Å². The molecule has 3 rings (SSSR count). The van der Waals surface area contributed by atoms with Crippen LogP contribution in [0.3, 0.4) is 0 Å². The van der Waals surface area contributed by atoms with Crippen molar-refractivity contribution in [3.05, 3.63) is 72.8 Å². The molecule has 0 unspecified atom stereocenters. The SMILES string of the molecule is COc1ccc([PH](O)(c2ccc(OC)cc2)c2ccc(OC)cc2)cc1. The molecule has 0 radical (unpaired) electrons. The Labute approximate surface area is 154 Å². The molecule has 0 spiro atoms. The van der Waals surface area contributed by atoms with Gasteiger partial charge in [-0.25, -0.2) is 0 Å². The molecular formula is C21H23O4P. The van der Waals surface area contributed by atoms with E-state index in [4.69, 9.17) is 14.2 Å². The van der Waals surface area contributed by atoms with Crippen molar-refractivity contribution in [2.24, 2.45) is 0 Å². The summed E-state index contributed by atoms with van der Waals surface area (Å²) in [5, 5.41) is 2.65. The van der Waals surface area contributed by atoms with Crippen molar-refractivity contribution in [3.63, 3.8) is 0 Å². The van der Waals surface area contributed by atoms with Gasteiger partial charge in [0, 0.05) is 0 Å². The van der Waals surface area contributed by atoms with Crippen molar-refractivity contribution in [2.45, 2.75) is 0 Å². The molecule has 0 aliphatic heterocycles. The standard InChI is InChI=1S/C21H23O4P/c1-23-16-4-10-19(11-5-16)26(22,20-12-6-17(24-2)7-13-20)21-14-8-18(25-3)9-15-21/h4-15,22,26H,1-3H3. The molecule has 4 nitrogen and oxygen atoms in total. The van der Waals surface area contributed by atoms with Gasteiger partial charge in [0.2, 0.25) is 0 Å². The Hall–Kier alpha value is -2.55. The Balaban J connectivity index is 2.15. The maximum atomic E-state index is 11.9. The molecule has 1 N–H and O–H groups in total. The van der Waals surface area contributed by atoms with E-state index in [0.717, 1.165) is 33.2 Å². The minimum absolute atomic E-state index is 0.759. The van der Waals surface area contributed by atoms with E-state index in [9.17, 15) is 4.89 Å². The summed E-state index contributed by atoms with van der Waals surface area (Å²) in [5.41, 5.74) is 0. The first kappa shape index (κ1) is 18.2. The van der Waals surface area contributed by atoms with Gasteiger partial charge >= 0.3 is 154 Å². The van der Waals surface area contributed by atoms with Crippen molar-refractivity contribution in [1.82, 2.24) is 0 Å². The summed E-state index contributed by atoms with van der Waals surface area (Å²) in [7, 11) is 1.74. The zero-order valence-electron chi connectivity index (χ0n) is 15.1. The molecule has 0 atom stereocenters. The van der Waals surface area contributed by atoms with Crippen LogP contribution < -0.4 is 30.1 Å². The summed E-state index contributed by atoms with van der Waals surface area (Å²) >= 11 is 0. The molecule has 0 aliphatic carbocycles. The summed E-state index contributed by atoms with van der Waals surface area (Å²) in [5.74, 6) is 2.28. The average Bonchev–Trinajstić information content (AvgIpc) is 2.73. The van der Waals surface area contributed by atoms with Gasteiger partial charge in [0.1, 0.15) is 0 Å². The van der Waals surface area contributed by atoms with Crippen LogP contribution in [0.5, 0.6) is 17.2 Å². The topological polar surface area (TPSA) is 47.9 Å². The van der Waals surface area contributed by atoms with E-state index in [1.807, 2.05) is 72.8 Å². The van der Waals surface area contributed by atoms with Crippen LogP contribution in [0.2, 0.25) is 0 Å². The first-order chi connectivity index (χ1) is 12.6. The molecular weight excluding hydrogens is 347 g/mol. The normalized spacial score (nSPS) is 11.7. The predicted octanol–water partition coefficient (Wildman–Crippen LogP) is 2.65. The molecule has 0 saturated heterocycles. The van der Waals surface area contributed by atoms with Crippen LogP contribution in [-0.4, -0.2) is 26.2 Å². The van der Waals surface area contributed by atoms with E-state index in [2.05, 4.69) is 0 Å². The van der Waals surface area contributed by atoms with Gasteiger partial charge in [0.25, 0.3) is 0 Å². The van der Waals surface area contributed by atoms with Crippen LogP contribution in [0.4, 0.5) is 0 Å². The molecule has 0 aromatic heterocycles. The molecule has 0 heterocycles. The van der Waals surface area contributed by atoms with Crippen molar-refractivity contribution >= 4 is 23.4 Å². The Morgan fingerprint density at radius 3 is 0.923 bits per heavy atom. The van der Waals surface area contributed by atoms with Crippen LogP contribution in [0.15, 0.2) is 72.8 Å². The average molecular weight is 370 g/mol. The fourth-order valence-corrected chi connectivity index (χ4v) is 5.94. The molecule has 3 aromatic rings. The first-order valence-electron chi connectivity index (χ1n) is 8.27. The van der Waals surface area contributed by atoms with Gasteiger partial charge in [-0.2, -0.15) is 0 Å². The molecule has 0 amide bonds. The van der Waals surface area contributed by atoms with E-state index in [0.29, 0.717) is 0 Å². The van der Waals surface area contributed by atoms with Crippen LogP contribution in [0, 0.1) is 0 Å². The molecule has 3 aromatic carbocycles. The van der Waals surface area contributed by atoms with E-state index in [1.165, 1.54) is 0 Å². The van der Waals surface area contributed by atoms with Crippen LogP contribution >= 0.6 is 7.49 Å². The first-order valence-corrected chi connectivity index (χ1v) is 10.2. The zero-order valence-corrected chi connectivity index (χ0v) is 16.1. The predicted molar refractivity (Wildman–Crippen MR) is 108 cm³/mol. The molecule has 26 heavy (non-hydrogen) atoms. The number of benzene rings is 3. The minimum atomic E-state index is -3.15. The van der Waals surface area contributed by atoms with Gasteiger partial charge < -0.3 is 0 Å². The molecule has 0 saturated carbocycles. The number of hydrogen-bond donors (Lipinski definition) is 1. The van der Waals surface area contributed by atoms with Gasteiger partial charge in [-0.05, 0) is 0 Å². The van der Waals surface area contributed by atoms with Gasteiger partial charge in [-0.15, -0.1) is 0 Å². The Morgan fingerprint density at radius 2 is 0.731 bits per heavy atom. The van der Waals surface area contributed by atoms with E-state index < -0.39 is 7.49 Å². The number of methoxy groups -OCH3 is 3. The molecule has 0 fully saturated rings. The van der Waals surface area contributed by atoms with Crippen molar-refractivity contribution in [1.29, 1.82) is 0 Å². The number of hydrogen-bond acceptors (Lipinski definition) is 4. The third kappa shape index (κ3) is 3.39. The van der Waals surface area contributed by atoms with Crippen LogP contribution in [0.1, 0.15) is 0 Å². The second-order valence-corrected chi connectivity index (χ2v) is 9.05. The van der Waals surface area contributed by atoms with Crippen molar-refractivity contribution < 1.29 is 19.1 Å². The molecule has 0 bridgehead atoms. The summed E-state index contributed by atoms with van der Waals surface area (Å²) in [6.07, 6.45) is 0. The van der Waals surface area contributed by atoms with Crippen molar-refractivity contribution in [3.8, 4) is 17.2 Å². The second-order valence-electron chi connectivity index (χ2n) is 5.90. The van der Waals surface area contributed by atoms with Gasteiger partial charge in [0.05, 0.1) is 0 Å². The Kier molecular flexibility index (Phi) is 5.46. The molecule has 136 valence electrons. The third-order valence-corrected chi connectivity index (χ3v) is 8.03.